The Morgan fingerprint density at radius 1 is 1.09 bits per heavy atom. The number of aromatic nitrogens is 1. The molecule has 9 nitrogen and oxygen atoms in total. The molecule has 2 saturated carbocycles. The summed E-state index contributed by atoms with van der Waals surface area (Å²) in [5.41, 5.74) is 3.54. The van der Waals surface area contributed by atoms with E-state index in [0.29, 0.717) is 11.1 Å². The first-order valence-corrected chi connectivity index (χ1v) is 16.0. The molecule has 1 aromatic heterocycles. The number of aliphatic hydroxyl groups is 3. The highest BCUT2D eigenvalue weighted by Gasteiger charge is 2.76. The summed E-state index contributed by atoms with van der Waals surface area (Å²) in [5, 5.41) is 48.7. The van der Waals surface area contributed by atoms with Gasteiger partial charge in [-0.2, -0.15) is 0 Å². The van der Waals surface area contributed by atoms with Crippen molar-refractivity contribution in [2.45, 2.75) is 84.5 Å². The number of phenols is 1. The number of para-hydroxylation sites is 1. The number of rotatable bonds is 3. The van der Waals surface area contributed by atoms with Crippen molar-refractivity contribution in [2.75, 3.05) is 0 Å². The summed E-state index contributed by atoms with van der Waals surface area (Å²) in [7, 11) is 0. The maximum atomic E-state index is 14.8. The molecule has 0 spiro atoms. The lowest BCUT2D eigenvalue weighted by Gasteiger charge is -2.66. The lowest BCUT2D eigenvalue weighted by molar-refractivity contribution is -0.265. The monoisotopic (exact) mass is 628 g/mol. The molecule has 244 valence electrons. The van der Waals surface area contributed by atoms with E-state index in [1.807, 2.05) is 77.9 Å². The van der Waals surface area contributed by atoms with Gasteiger partial charge >= 0.3 is 0 Å². The van der Waals surface area contributed by atoms with Crippen LogP contribution < -0.4 is 5.73 Å². The Kier molecular flexibility index (Phi) is 7.14. The van der Waals surface area contributed by atoms with Crippen molar-refractivity contribution in [1.29, 1.82) is 0 Å². The second-order valence-electron chi connectivity index (χ2n) is 15.8. The van der Waals surface area contributed by atoms with E-state index in [0.717, 1.165) is 22.0 Å². The number of benzene rings is 2. The fourth-order valence-electron chi connectivity index (χ4n) is 9.65. The minimum absolute atomic E-state index is 0.0551. The van der Waals surface area contributed by atoms with Crippen molar-refractivity contribution in [3.8, 4) is 16.9 Å². The third-order valence-electron chi connectivity index (χ3n) is 11.5. The van der Waals surface area contributed by atoms with Gasteiger partial charge in [-0.05, 0) is 64.8 Å². The van der Waals surface area contributed by atoms with Crippen LogP contribution in [0.5, 0.6) is 5.75 Å². The van der Waals surface area contributed by atoms with Gasteiger partial charge in [-0.25, -0.2) is 0 Å². The summed E-state index contributed by atoms with van der Waals surface area (Å²) < 4.78 is 0. The van der Waals surface area contributed by atoms with Crippen molar-refractivity contribution in [2.24, 2.45) is 40.2 Å². The van der Waals surface area contributed by atoms with Crippen LogP contribution in [-0.4, -0.2) is 60.7 Å². The number of amides is 1. The number of aromatic hydroxyl groups is 1. The fourth-order valence-corrected chi connectivity index (χ4v) is 9.65. The predicted octanol–water partition coefficient (Wildman–Crippen LogP) is 4.09. The standard InChI is InChI=1S/C37H44N2O7/c1-17(2)26-30(42)25(33(38)45)31(43)37(46)32(44)27-29(41)24-21(14-35(27,6)16-36(26,37)7)20(13-22(28(24)40)34(3,4)5)19-12-18-10-8-9-11-23(18)39-15-19/h8-13,15,17,25-27,30,32,40,42,44,46H,14,16H2,1-7H3,(H2,38,45)/t25-,26+,27-,30?,32?,35-,36-,37+/m1/s1. The number of nitrogens with zero attached hydrogens (tertiary/aromatic N) is 1. The van der Waals surface area contributed by atoms with Crippen LogP contribution in [0.15, 0.2) is 42.6 Å². The van der Waals surface area contributed by atoms with Crippen molar-refractivity contribution in [3.05, 3.63) is 59.3 Å². The number of aliphatic hydroxyl groups excluding tert-OH is 2. The third-order valence-corrected chi connectivity index (χ3v) is 11.5. The molecule has 3 aliphatic carbocycles. The Morgan fingerprint density at radius 2 is 1.74 bits per heavy atom. The number of nitrogens with two attached hydrogens (primary N) is 1. The molecule has 8 atom stereocenters. The van der Waals surface area contributed by atoms with E-state index in [1.54, 1.807) is 13.1 Å². The van der Waals surface area contributed by atoms with E-state index in [2.05, 4.69) is 4.98 Å². The number of hydrogen-bond donors (Lipinski definition) is 5. The van der Waals surface area contributed by atoms with Gasteiger partial charge in [-0.3, -0.25) is 19.4 Å². The molecule has 0 aliphatic heterocycles. The van der Waals surface area contributed by atoms with Crippen LogP contribution in [0.25, 0.3) is 22.0 Å². The second kappa shape index (κ2) is 10.2. The summed E-state index contributed by atoms with van der Waals surface area (Å²) in [5.74, 6) is -7.11. The number of ketones is 2. The molecular weight excluding hydrogens is 584 g/mol. The Balaban J connectivity index is 1.62. The van der Waals surface area contributed by atoms with Gasteiger partial charge in [0.15, 0.2) is 17.2 Å². The summed E-state index contributed by atoms with van der Waals surface area (Å²) >= 11 is 0. The molecule has 0 radical (unpaired) electrons. The van der Waals surface area contributed by atoms with Crippen LogP contribution in [0.2, 0.25) is 0 Å². The minimum Gasteiger partial charge on any atom is -0.507 e. The summed E-state index contributed by atoms with van der Waals surface area (Å²) in [6.45, 7) is 13.0. The normalized spacial score (nSPS) is 34.3. The first-order valence-electron chi connectivity index (χ1n) is 16.0. The van der Waals surface area contributed by atoms with Gasteiger partial charge in [0.1, 0.15) is 17.8 Å². The first-order chi connectivity index (χ1) is 21.3. The quantitative estimate of drug-likeness (QED) is 0.270. The Hall–Kier alpha value is -3.66. The second-order valence-corrected chi connectivity index (χ2v) is 15.8. The molecule has 3 aromatic rings. The van der Waals surface area contributed by atoms with Gasteiger partial charge in [0, 0.05) is 28.1 Å². The summed E-state index contributed by atoms with van der Waals surface area (Å²) in [4.78, 5) is 46.0. The molecule has 1 heterocycles. The van der Waals surface area contributed by atoms with Crippen LogP contribution in [0.1, 0.15) is 76.4 Å². The van der Waals surface area contributed by atoms with Crippen molar-refractivity contribution in [3.63, 3.8) is 0 Å². The highest BCUT2D eigenvalue weighted by atomic mass is 16.4. The number of carbonyl (C=O) groups is 3. The van der Waals surface area contributed by atoms with Crippen LogP contribution in [0, 0.1) is 34.5 Å². The van der Waals surface area contributed by atoms with Gasteiger partial charge in [0.2, 0.25) is 5.91 Å². The SMILES string of the molecule is CC(C)[C@H]1C(O)[C@@H](C(N)=O)C(=O)[C@]2(O)C(O)[C@H]3C(=O)c4c(O)c(C(C)(C)C)cc(-c5cnc6ccccc6c5)c4C[C@]3(C)C[C@]12C. The van der Waals surface area contributed by atoms with Gasteiger partial charge in [0.05, 0.1) is 23.1 Å². The van der Waals surface area contributed by atoms with Gasteiger partial charge in [-0.15, -0.1) is 0 Å². The Labute approximate surface area is 268 Å². The topological polar surface area (TPSA) is 171 Å². The molecular formula is C37H44N2O7. The maximum Gasteiger partial charge on any atom is 0.230 e. The van der Waals surface area contributed by atoms with E-state index in [-0.39, 0.29) is 30.1 Å². The first kappa shape index (κ1) is 32.3. The van der Waals surface area contributed by atoms with E-state index >= 15 is 0 Å². The zero-order valence-corrected chi connectivity index (χ0v) is 27.5. The molecule has 9 heteroatoms. The zero-order valence-electron chi connectivity index (χ0n) is 27.5. The smallest absolute Gasteiger partial charge is 0.230 e. The summed E-state index contributed by atoms with van der Waals surface area (Å²) in [6, 6.07) is 11.6. The average Bonchev–Trinajstić information content (AvgIpc) is 2.93. The van der Waals surface area contributed by atoms with Crippen molar-refractivity contribution >= 4 is 28.4 Å². The lowest BCUT2D eigenvalue weighted by atomic mass is 9.39. The molecule has 2 fully saturated rings. The Morgan fingerprint density at radius 3 is 2.35 bits per heavy atom. The summed E-state index contributed by atoms with van der Waals surface area (Å²) in [6.07, 6.45) is -1.34. The molecule has 46 heavy (non-hydrogen) atoms. The zero-order chi connectivity index (χ0) is 33.9. The van der Waals surface area contributed by atoms with Crippen LogP contribution >= 0.6 is 0 Å². The van der Waals surface area contributed by atoms with Crippen molar-refractivity contribution in [1.82, 2.24) is 4.98 Å². The van der Waals surface area contributed by atoms with E-state index in [9.17, 15) is 34.8 Å². The van der Waals surface area contributed by atoms with E-state index in [1.165, 1.54) is 0 Å². The lowest BCUT2D eigenvalue weighted by Crippen LogP contribution is -2.79. The highest BCUT2D eigenvalue weighted by molar-refractivity contribution is 6.10. The molecule has 1 amide bonds. The third kappa shape index (κ3) is 4.17. The molecule has 0 bridgehead atoms. The molecule has 2 aromatic carbocycles. The molecule has 3 aliphatic rings. The highest BCUT2D eigenvalue weighted by Crippen LogP contribution is 2.66. The molecule has 6 rings (SSSR count). The number of pyridine rings is 1. The van der Waals surface area contributed by atoms with Crippen molar-refractivity contribution < 1.29 is 34.8 Å². The number of hydrogen-bond acceptors (Lipinski definition) is 8. The van der Waals surface area contributed by atoms with Crippen LogP contribution in [-0.2, 0) is 21.4 Å². The molecule has 2 unspecified atom stereocenters. The van der Waals surface area contributed by atoms with Gasteiger partial charge in [-0.1, -0.05) is 66.7 Å². The largest absolute Gasteiger partial charge is 0.507 e. The predicted molar refractivity (Wildman–Crippen MR) is 173 cm³/mol. The number of Topliss-reactive ketones (excluding diaryl/α,β-unsaturated/α-hetero) is 2. The molecule has 6 N–H and O–H groups in total. The molecule has 0 saturated heterocycles. The van der Waals surface area contributed by atoms with Gasteiger partial charge < -0.3 is 26.2 Å². The average molecular weight is 629 g/mol. The van der Waals surface area contributed by atoms with E-state index < -0.39 is 69.3 Å². The van der Waals surface area contributed by atoms with Crippen LogP contribution in [0.3, 0.4) is 0 Å². The number of fused-ring (bicyclic) bond motifs is 4. The number of primary amides is 1. The number of carbonyl (C=O) groups excluding carboxylic acids is 3. The number of phenolic OH excluding ortho intramolecular Hbond substituents is 1. The van der Waals surface area contributed by atoms with Crippen LogP contribution in [0.4, 0.5) is 0 Å². The Bertz CT molecular complexity index is 1810. The van der Waals surface area contributed by atoms with E-state index in [4.69, 9.17) is 5.73 Å². The maximum absolute atomic E-state index is 14.8. The minimum atomic E-state index is -2.56. The fraction of sp³-hybridized carbons (Fsp3) is 0.514. The van der Waals surface area contributed by atoms with Gasteiger partial charge in [0.25, 0.3) is 0 Å².